The Balaban J connectivity index is 1.38. The predicted molar refractivity (Wildman–Crippen MR) is 99.5 cm³/mol. The van der Waals surface area contributed by atoms with Crippen LogP contribution in [0.3, 0.4) is 0 Å². The van der Waals surface area contributed by atoms with Crippen LogP contribution in [0.2, 0.25) is 0 Å². The first-order valence-corrected chi connectivity index (χ1v) is 9.53. The quantitative estimate of drug-likeness (QED) is 0.800. The lowest BCUT2D eigenvalue weighted by Crippen LogP contribution is -2.51. The van der Waals surface area contributed by atoms with Crippen LogP contribution < -0.4 is 0 Å². The van der Waals surface area contributed by atoms with E-state index in [-0.39, 0.29) is 0 Å². The van der Waals surface area contributed by atoms with Gasteiger partial charge in [0.05, 0.1) is 0 Å². The molecule has 2 heteroatoms. The third-order valence-electron chi connectivity index (χ3n) is 5.79. The van der Waals surface area contributed by atoms with Gasteiger partial charge >= 0.3 is 0 Å². The molecular weight excluding hydrogens is 280 g/mol. The predicted octanol–water partition coefficient (Wildman–Crippen LogP) is 4.29. The van der Waals surface area contributed by atoms with Crippen LogP contribution in [0.1, 0.15) is 44.6 Å². The molecule has 0 amide bonds. The fourth-order valence-corrected chi connectivity index (χ4v) is 4.13. The minimum Gasteiger partial charge on any atom is -0.298 e. The first-order chi connectivity index (χ1) is 11.3. The monoisotopic (exact) mass is 312 g/mol. The van der Waals surface area contributed by atoms with E-state index in [0.717, 1.165) is 18.5 Å². The summed E-state index contributed by atoms with van der Waals surface area (Å²) in [4.78, 5) is 5.36. The Hall–Kier alpha value is -1.12. The zero-order chi connectivity index (χ0) is 15.9. The average molecular weight is 313 g/mol. The van der Waals surface area contributed by atoms with Gasteiger partial charge in [-0.25, -0.2) is 0 Å². The van der Waals surface area contributed by atoms with Crippen molar-refractivity contribution < 1.29 is 0 Å². The molecule has 0 aromatic heterocycles. The lowest BCUT2D eigenvalue weighted by Gasteiger charge is -2.41. The molecule has 2 aliphatic rings. The Bertz CT molecular complexity index is 466. The first-order valence-electron chi connectivity index (χ1n) is 9.53. The van der Waals surface area contributed by atoms with Crippen LogP contribution in [0, 0.1) is 5.92 Å². The SMILES string of the molecule is CCC1CCC(N2CCN(CC=Cc3ccccc3)CC2)CC1. The van der Waals surface area contributed by atoms with Crippen molar-refractivity contribution in [2.75, 3.05) is 32.7 Å². The van der Waals surface area contributed by atoms with Crippen molar-refractivity contribution in [2.45, 2.75) is 45.1 Å². The van der Waals surface area contributed by atoms with Gasteiger partial charge in [0.25, 0.3) is 0 Å². The zero-order valence-electron chi connectivity index (χ0n) is 14.7. The molecule has 1 aliphatic carbocycles. The van der Waals surface area contributed by atoms with Crippen molar-refractivity contribution in [3.05, 3.63) is 42.0 Å². The van der Waals surface area contributed by atoms with Gasteiger partial charge in [-0.2, -0.15) is 0 Å². The third-order valence-corrected chi connectivity index (χ3v) is 5.79. The van der Waals surface area contributed by atoms with Gasteiger partial charge in [-0.3, -0.25) is 9.80 Å². The molecule has 0 N–H and O–H groups in total. The molecule has 0 unspecified atom stereocenters. The van der Waals surface area contributed by atoms with E-state index in [0.29, 0.717) is 0 Å². The van der Waals surface area contributed by atoms with Gasteiger partial charge in [-0.15, -0.1) is 0 Å². The largest absolute Gasteiger partial charge is 0.298 e. The molecule has 0 bridgehead atoms. The van der Waals surface area contributed by atoms with Crippen LogP contribution in [0.4, 0.5) is 0 Å². The zero-order valence-corrected chi connectivity index (χ0v) is 14.7. The smallest absolute Gasteiger partial charge is 0.0167 e. The number of piperazine rings is 1. The summed E-state index contributed by atoms with van der Waals surface area (Å²) in [5, 5.41) is 0. The average Bonchev–Trinajstić information content (AvgIpc) is 2.63. The number of nitrogens with zero attached hydrogens (tertiary/aromatic N) is 2. The van der Waals surface area contributed by atoms with E-state index < -0.39 is 0 Å². The molecule has 0 radical (unpaired) electrons. The molecule has 2 nitrogen and oxygen atoms in total. The Kier molecular flexibility index (Phi) is 6.29. The van der Waals surface area contributed by atoms with Gasteiger partial charge in [-0.1, -0.05) is 55.8 Å². The molecule has 0 spiro atoms. The molecule has 1 saturated carbocycles. The molecule has 1 aliphatic heterocycles. The highest BCUT2D eigenvalue weighted by Crippen LogP contribution is 2.29. The summed E-state index contributed by atoms with van der Waals surface area (Å²) in [6, 6.07) is 11.5. The second-order valence-electron chi connectivity index (χ2n) is 7.23. The van der Waals surface area contributed by atoms with E-state index in [1.54, 1.807) is 0 Å². The highest BCUT2D eigenvalue weighted by atomic mass is 15.3. The molecule has 1 saturated heterocycles. The van der Waals surface area contributed by atoms with Crippen molar-refractivity contribution in [2.24, 2.45) is 5.92 Å². The molecule has 3 rings (SSSR count). The van der Waals surface area contributed by atoms with Crippen LogP contribution >= 0.6 is 0 Å². The maximum atomic E-state index is 2.77. The van der Waals surface area contributed by atoms with Gasteiger partial charge in [0.2, 0.25) is 0 Å². The van der Waals surface area contributed by atoms with Crippen molar-refractivity contribution in [3.8, 4) is 0 Å². The van der Waals surface area contributed by atoms with Gasteiger partial charge in [0.15, 0.2) is 0 Å². The third kappa shape index (κ3) is 4.92. The lowest BCUT2D eigenvalue weighted by molar-refractivity contribution is 0.0752. The summed E-state index contributed by atoms with van der Waals surface area (Å²) in [7, 11) is 0. The molecule has 126 valence electrons. The second-order valence-corrected chi connectivity index (χ2v) is 7.23. The molecule has 0 atom stereocenters. The summed E-state index contributed by atoms with van der Waals surface area (Å²) in [5.41, 5.74) is 1.30. The Labute approximate surface area is 142 Å². The maximum absolute atomic E-state index is 2.77. The summed E-state index contributed by atoms with van der Waals surface area (Å²) in [6.45, 7) is 8.43. The minimum atomic E-state index is 0.875. The van der Waals surface area contributed by atoms with Gasteiger partial charge < -0.3 is 0 Å². The van der Waals surface area contributed by atoms with Crippen LogP contribution in [0.5, 0.6) is 0 Å². The highest BCUT2D eigenvalue weighted by molar-refractivity contribution is 5.48. The fraction of sp³-hybridized carbons (Fsp3) is 0.619. The van der Waals surface area contributed by atoms with E-state index in [2.05, 4.69) is 59.2 Å². The van der Waals surface area contributed by atoms with E-state index >= 15 is 0 Å². The molecule has 1 aromatic rings. The molecule has 23 heavy (non-hydrogen) atoms. The summed E-state index contributed by atoms with van der Waals surface area (Å²) in [6.07, 6.45) is 11.7. The highest BCUT2D eigenvalue weighted by Gasteiger charge is 2.27. The fourth-order valence-electron chi connectivity index (χ4n) is 4.13. The normalized spacial score (nSPS) is 27.5. The van der Waals surface area contributed by atoms with E-state index in [9.17, 15) is 0 Å². The first kappa shape index (κ1) is 16.7. The Morgan fingerprint density at radius 3 is 2.30 bits per heavy atom. The molecule has 2 fully saturated rings. The maximum Gasteiger partial charge on any atom is 0.0167 e. The second kappa shape index (κ2) is 8.65. The minimum absolute atomic E-state index is 0.875. The van der Waals surface area contributed by atoms with Crippen LogP contribution in [0.25, 0.3) is 6.08 Å². The Morgan fingerprint density at radius 1 is 0.957 bits per heavy atom. The van der Waals surface area contributed by atoms with Gasteiger partial charge in [0.1, 0.15) is 0 Å². The lowest BCUT2D eigenvalue weighted by atomic mass is 9.84. The van der Waals surface area contributed by atoms with Crippen LogP contribution in [-0.4, -0.2) is 48.6 Å². The Morgan fingerprint density at radius 2 is 1.65 bits per heavy atom. The number of rotatable bonds is 5. The van der Waals surface area contributed by atoms with E-state index in [1.165, 1.54) is 63.8 Å². The van der Waals surface area contributed by atoms with Crippen molar-refractivity contribution in [1.82, 2.24) is 9.80 Å². The van der Waals surface area contributed by atoms with Gasteiger partial charge in [-0.05, 0) is 37.2 Å². The van der Waals surface area contributed by atoms with Crippen LogP contribution in [-0.2, 0) is 0 Å². The van der Waals surface area contributed by atoms with Crippen molar-refractivity contribution in [1.29, 1.82) is 0 Å². The molecular formula is C21H32N2. The summed E-state index contributed by atoms with van der Waals surface area (Å²) >= 11 is 0. The topological polar surface area (TPSA) is 6.48 Å². The van der Waals surface area contributed by atoms with Crippen LogP contribution in [0.15, 0.2) is 36.4 Å². The van der Waals surface area contributed by atoms with E-state index in [1.807, 2.05) is 0 Å². The number of hydrogen-bond donors (Lipinski definition) is 0. The summed E-state index contributed by atoms with van der Waals surface area (Å²) in [5.74, 6) is 1.01. The molecule has 1 aromatic carbocycles. The van der Waals surface area contributed by atoms with Crippen molar-refractivity contribution in [3.63, 3.8) is 0 Å². The molecule has 1 heterocycles. The van der Waals surface area contributed by atoms with E-state index in [4.69, 9.17) is 0 Å². The number of benzene rings is 1. The van der Waals surface area contributed by atoms with Crippen molar-refractivity contribution >= 4 is 6.08 Å². The number of hydrogen-bond acceptors (Lipinski definition) is 2. The standard InChI is InChI=1S/C21H32N2/c1-2-19-10-12-21(13-11-19)23-17-15-22(16-18-23)14-6-9-20-7-4-3-5-8-20/h3-9,19,21H,2,10-18H2,1H3. The summed E-state index contributed by atoms with van der Waals surface area (Å²) < 4.78 is 0. The van der Waals surface area contributed by atoms with Gasteiger partial charge in [0, 0.05) is 38.8 Å².